The zero-order valence-electron chi connectivity index (χ0n) is 10.6. The Hall–Kier alpha value is -2.40. The highest BCUT2D eigenvalue weighted by molar-refractivity contribution is 6.13. The number of aliphatic hydroxyl groups is 3. The van der Waals surface area contributed by atoms with Crippen molar-refractivity contribution >= 4 is 11.6 Å². The minimum Gasteiger partial charge on any atom is -0.508 e. The first-order valence-corrected chi connectivity index (χ1v) is 6.13. The lowest BCUT2D eigenvalue weighted by Crippen LogP contribution is -2.33. The molecule has 3 aliphatic carbocycles. The van der Waals surface area contributed by atoms with Crippen LogP contribution in [0.25, 0.3) is 0 Å². The summed E-state index contributed by atoms with van der Waals surface area (Å²) in [5.74, 6) is -2.55. The molecule has 0 aliphatic heterocycles. The molecule has 5 nitrogen and oxygen atoms in total. The first-order valence-electron chi connectivity index (χ1n) is 6.13. The maximum atomic E-state index is 12.4. The van der Waals surface area contributed by atoms with Gasteiger partial charge in [-0.15, -0.1) is 0 Å². The molecule has 0 fully saturated rings. The lowest BCUT2D eigenvalue weighted by atomic mass is 9.74. The zero-order chi connectivity index (χ0) is 14.6. The number of rotatable bonds is 0. The number of hydrogen-bond donors (Lipinski definition) is 3. The predicted molar refractivity (Wildman–Crippen MR) is 69.8 cm³/mol. The van der Waals surface area contributed by atoms with Gasteiger partial charge in [0.05, 0.1) is 5.92 Å². The van der Waals surface area contributed by atoms with Crippen molar-refractivity contribution in [3.8, 4) is 0 Å². The van der Waals surface area contributed by atoms with Crippen molar-refractivity contribution in [3.05, 3.63) is 58.1 Å². The smallest absolute Gasteiger partial charge is 0.230 e. The van der Waals surface area contributed by atoms with Crippen molar-refractivity contribution in [1.82, 2.24) is 0 Å². The van der Waals surface area contributed by atoms with E-state index in [0.717, 1.165) is 11.6 Å². The van der Waals surface area contributed by atoms with E-state index in [0.29, 0.717) is 5.57 Å². The van der Waals surface area contributed by atoms with Gasteiger partial charge >= 0.3 is 0 Å². The van der Waals surface area contributed by atoms with Crippen LogP contribution in [-0.2, 0) is 9.59 Å². The highest BCUT2D eigenvalue weighted by Gasteiger charge is 2.39. The maximum Gasteiger partial charge on any atom is 0.230 e. The molecule has 3 N–H and O–H groups in total. The van der Waals surface area contributed by atoms with Gasteiger partial charge in [0, 0.05) is 16.7 Å². The van der Waals surface area contributed by atoms with Gasteiger partial charge in [-0.25, -0.2) is 0 Å². The number of Topliss-reactive ketones (excluding diaryl/α,β-unsaturated/α-hetero) is 2. The number of fused-ring (bicyclic) bond motifs is 2. The monoisotopic (exact) mass is 272 g/mol. The van der Waals surface area contributed by atoms with Gasteiger partial charge in [0.25, 0.3) is 0 Å². The average Bonchev–Trinajstić information content (AvgIpc) is 2.39. The van der Waals surface area contributed by atoms with Crippen LogP contribution in [0.4, 0.5) is 0 Å². The summed E-state index contributed by atoms with van der Waals surface area (Å²) < 4.78 is 0. The summed E-state index contributed by atoms with van der Waals surface area (Å²) in [5, 5.41) is 29.3. The fourth-order valence-electron chi connectivity index (χ4n) is 2.65. The Balaban J connectivity index is 2.24. The first-order chi connectivity index (χ1) is 9.40. The van der Waals surface area contributed by atoms with Crippen LogP contribution in [0.1, 0.15) is 6.92 Å². The Morgan fingerprint density at radius 3 is 2.45 bits per heavy atom. The number of carbonyl (C=O) groups excluding carboxylic acids is 2. The van der Waals surface area contributed by atoms with Crippen molar-refractivity contribution < 1.29 is 24.9 Å². The van der Waals surface area contributed by atoms with E-state index in [-0.39, 0.29) is 22.7 Å². The average molecular weight is 272 g/mol. The fourth-order valence-corrected chi connectivity index (χ4v) is 2.65. The molecule has 102 valence electrons. The van der Waals surface area contributed by atoms with E-state index in [9.17, 15) is 24.9 Å². The van der Waals surface area contributed by atoms with Crippen molar-refractivity contribution in [2.45, 2.75) is 13.0 Å². The van der Waals surface area contributed by atoms with Crippen LogP contribution >= 0.6 is 0 Å². The van der Waals surface area contributed by atoms with E-state index in [2.05, 4.69) is 0 Å². The van der Waals surface area contributed by atoms with Gasteiger partial charge in [0.15, 0.2) is 11.5 Å². The van der Waals surface area contributed by atoms with E-state index in [1.807, 2.05) is 0 Å². The SMILES string of the molecule is CC1=C[C@@H]2C(=O)C3=C[C@@H](O)C(=O)C(O)=C3C=C2C(O)=C1. The van der Waals surface area contributed by atoms with Crippen molar-refractivity contribution in [1.29, 1.82) is 0 Å². The molecule has 0 saturated carbocycles. The summed E-state index contributed by atoms with van der Waals surface area (Å²) in [7, 11) is 0. The number of carbonyl (C=O) groups is 2. The zero-order valence-corrected chi connectivity index (χ0v) is 10.6. The van der Waals surface area contributed by atoms with E-state index in [4.69, 9.17) is 0 Å². The molecule has 2 atom stereocenters. The number of allylic oxidation sites excluding steroid dienone is 7. The summed E-state index contributed by atoms with van der Waals surface area (Å²) in [6, 6.07) is 0. The highest BCUT2D eigenvalue weighted by atomic mass is 16.3. The quantitative estimate of drug-likeness (QED) is 0.616. The Bertz CT molecular complexity index is 700. The molecule has 0 bridgehead atoms. The largest absolute Gasteiger partial charge is 0.508 e. The van der Waals surface area contributed by atoms with Gasteiger partial charge in [-0.1, -0.05) is 11.6 Å². The molecule has 0 radical (unpaired) electrons. The molecule has 0 heterocycles. The van der Waals surface area contributed by atoms with Crippen LogP contribution in [0.3, 0.4) is 0 Å². The normalized spacial score (nSPS) is 29.1. The van der Waals surface area contributed by atoms with Crippen molar-refractivity contribution in [3.63, 3.8) is 0 Å². The minimum absolute atomic E-state index is 0.0544. The van der Waals surface area contributed by atoms with E-state index in [1.165, 1.54) is 12.2 Å². The van der Waals surface area contributed by atoms with E-state index < -0.39 is 23.6 Å². The molecule has 20 heavy (non-hydrogen) atoms. The Morgan fingerprint density at radius 2 is 1.75 bits per heavy atom. The van der Waals surface area contributed by atoms with Crippen LogP contribution in [0.2, 0.25) is 0 Å². The van der Waals surface area contributed by atoms with Crippen molar-refractivity contribution in [2.75, 3.05) is 0 Å². The molecule has 0 aromatic carbocycles. The van der Waals surface area contributed by atoms with Gasteiger partial charge in [-0.05, 0) is 25.2 Å². The summed E-state index contributed by atoms with van der Waals surface area (Å²) in [5.41, 5.74) is 1.28. The second-order valence-electron chi connectivity index (χ2n) is 5.03. The Kier molecular flexibility index (Phi) is 2.55. The molecule has 0 unspecified atom stereocenters. The number of aliphatic hydroxyl groups excluding tert-OH is 3. The Morgan fingerprint density at radius 1 is 1.05 bits per heavy atom. The van der Waals surface area contributed by atoms with Crippen LogP contribution < -0.4 is 0 Å². The molecule has 0 amide bonds. The van der Waals surface area contributed by atoms with Gasteiger partial charge in [-0.2, -0.15) is 0 Å². The number of hydrogen-bond acceptors (Lipinski definition) is 5. The summed E-state index contributed by atoms with van der Waals surface area (Å²) in [4.78, 5) is 24.0. The molecular weight excluding hydrogens is 260 g/mol. The lowest BCUT2D eigenvalue weighted by molar-refractivity contribution is -0.124. The van der Waals surface area contributed by atoms with E-state index >= 15 is 0 Å². The third-order valence-electron chi connectivity index (χ3n) is 3.64. The molecule has 5 heteroatoms. The van der Waals surface area contributed by atoms with Crippen LogP contribution in [0.15, 0.2) is 58.1 Å². The summed E-state index contributed by atoms with van der Waals surface area (Å²) in [6.45, 7) is 1.76. The molecule has 0 aromatic rings. The topological polar surface area (TPSA) is 94.8 Å². The lowest BCUT2D eigenvalue weighted by Gasteiger charge is -2.29. The predicted octanol–water partition coefficient (Wildman–Crippen LogP) is 1.20. The molecule has 0 aromatic heterocycles. The van der Waals surface area contributed by atoms with Gasteiger partial charge in [0.1, 0.15) is 11.9 Å². The van der Waals surface area contributed by atoms with Gasteiger partial charge < -0.3 is 15.3 Å². The van der Waals surface area contributed by atoms with Crippen LogP contribution in [-0.4, -0.2) is 33.0 Å². The van der Waals surface area contributed by atoms with Crippen LogP contribution in [0, 0.1) is 5.92 Å². The third-order valence-corrected chi connectivity index (χ3v) is 3.64. The van der Waals surface area contributed by atoms with Crippen LogP contribution in [0.5, 0.6) is 0 Å². The van der Waals surface area contributed by atoms with E-state index in [1.54, 1.807) is 13.0 Å². The summed E-state index contributed by atoms with van der Waals surface area (Å²) >= 11 is 0. The second-order valence-corrected chi connectivity index (χ2v) is 5.03. The standard InChI is InChI=1S/C15H12O5/c1-6-2-8-7(11(16)3-6)4-9-10(13(8)18)5-12(17)15(20)14(9)19/h2-5,8,12,16-17,19H,1H3/t8-,12+/m0/s1. The molecular formula is C15H12O5. The highest BCUT2D eigenvalue weighted by Crippen LogP contribution is 2.39. The number of ketones is 2. The van der Waals surface area contributed by atoms with Crippen molar-refractivity contribution in [2.24, 2.45) is 5.92 Å². The van der Waals surface area contributed by atoms with Gasteiger partial charge in [-0.3, -0.25) is 9.59 Å². The molecule has 3 aliphatic rings. The molecule has 0 spiro atoms. The fraction of sp³-hybridized carbons (Fsp3) is 0.200. The molecule has 3 rings (SSSR count). The molecule has 0 saturated heterocycles. The minimum atomic E-state index is -1.51. The third kappa shape index (κ3) is 1.60. The second kappa shape index (κ2) is 4.05. The summed E-state index contributed by atoms with van der Waals surface area (Å²) in [6.07, 6.45) is 4.27. The first kappa shape index (κ1) is 12.6. The maximum absolute atomic E-state index is 12.4. The Labute approximate surface area is 114 Å². The van der Waals surface area contributed by atoms with Gasteiger partial charge in [0.2, 0.25) is 5.78 Å².